The Morgan fingerprint density at radius 1 is 1.00 bits per heavy atom. The van der Waals surface area contributed by atoms with Crippen LogP contribution >= 0.6 is 0 Å². The van der Waals surface area contributed by atoms with Gasteiger partial charge in [-0.15, -0.1) is 0 Å². The summed E-state index contributed by atoms with van der Waals surface area (Å²) < 4.78 is 12.2. The van der Waals surface area contributed by atoms with Crippen molar-refractivity contribution >= 4 is 12.6 Å². The molecule has 0 atom stereocenters. The number of rotatable bonds is 3. The molecular weight excluding hydrogens is 341 g/mol. The predicted octanol–water partition coefficient (Wildman–Crippen LogP) is 3.17. The summed E-state index contributed by atoms with van der Waals surface area (Å²) in [4.78, 5) is 2.16. The van der Waals surface area contributed by atoms with Gasteiger partial charge in [-0.25, -0.2) is 18.2 Å². The molecule has 1 aliphatic rings. The third-order valence-electron chi connectivity index (χ3n) is 4.49. The van der Waals surface area contributed by atoms with Crippen molar-refractivity contribution in [2.75, 3.05) is 14.1 Å². The van der Waals surface area contributed by atoms with Crippen LogP contribution in [0.4, 0.5) is 0 Å². The van der Waals surface area contributed by atoms with Crippen molar-refractivity contribution in [2.45, 2.75) is 45.4 Å². The van der Waals surface area contributed by atoms with E-state index >= 15 is 0 Å². The Balaban J connectivity index is 0.000000412. The summed E-state index contributed by atoms with van der Waals surface area (Å²) >= 11 is 0. The van der Waals surface area contributed by atoms with Crippen molar-refractivity contribution in [3.63, 3.8) is 0 Å². The fourth-order valence-electron chi connectivity index (χ4n) is 2.48. The normalized spacial score (nSPS) is 18.0. The van der Waals surface area contributed by atoms with Gasteiger partial charge >= 0.3 is 7.12 Å². The quantitative estimate of drug-likeness (QED) is 0.613. The molecule has 0 saturated carbocycles. The molecular formula is C19H28BFeNO2-2. The second kappa shape index (κ2) is 8.51. The molecule has 0 amide bonds. The molecule has 0 N–H and O–H groups in total. The standard InChI is InChI=1S/C14H23BNO2.C5H5.Fe/c1-13(2)14(3,4)18-15(17-13)12-9-7-8-11(12)10-16(5)6;1-2-4-5-3-1;/h7-9H,10H2,1-6H3;1-5H;/q2*-1;. The van der Waals surface area contributed by atoms with Gasteiger partial charge in [-0.1, -0.05) is 0 Å². The summed E-state index contributed by atoms with van der Waals surface area (Å²) in [6.45, 7) is 9.25. The van der Waals surface area contributed by atoms with Crippen LogP contribution in [0.25, 0.3) is 0 Å². The SMILES string of the molecule is CN(C)Cc1[cH-]ccc1B1OC(C)(C)C(C)(C)O1.[Fe].c1cc[cH-]c1. The van der Waals surface area contributed by atoms with Gasteiger partial charge < -0.3 is 14.2 Å². The van der Waals surface area contributed by atoms with Crippen LogP contribution in [0.1, 0.15) is 33.3 Å². The molecule has 2 aromatic carbocycles. The van der Waals surface area contributed by atoms with Crippen molar-refractivity contribution in [2.24, 2.45) is 0 Å². The molecule has 0 unspecified atom stereocenters. The zero-order chi connectivity index (χ0) is 17.1. The van der Waals surface area contributed by atoms with Gasteiger partial charge in [0.2, 0.25) is 0 Å². The Labute approximate surface area is 157 Å². The van der Waals surface area contributed by atoms with Crippen LogP contribution in [0.15, 0.2) is 48.5 Å². The van der Waals surface area contributed by atoms with E-state index in [1.54, 1.807) is 0 Å². The van der Waals surface area contributed by atoms with Crippen LogP contribution in [0.2, 0.25) is 0 Å². The van der Waals surface area contributed by atoms with Crippen LogP contribution in [-0.4, -0.2) is 37.3 Å². The van der Waals surface area contributed by atoms with E-state index < -0.39 is 0 Å². The predicted molar refractivity (Wildman–Crippen MR) is 97.2 cm³/mol. The molecule has 3 rings (SSSR count). The van der Waals surface area contributed by atoms with Gasteiger partial charge in [-0.05, 0) is 48.3 Å². The molecule has 1 fully saturated rings. The van der Waals surface area contributed by atoms with Crippen molar-refractivity contribution in [3.05, 3.63) is 54.1 Å². The second-order valence-electron chi connectivity index (χ2n) is 7.29. The summed E-state index contributed by atoms with van der Waals surface area (Å²) in [5.74, 6) is 0. The Hall–Kier alpha value is -0.836. The van der Waals surface area contributed by atoms with Gasteiger partial charge in [0.25, 0.3) is 0 Å². The van der Waals surface area contributed by atoms with Crippen molar-refractivity contribution in [1.29, 1.82) is 0 Å². The zero-order valence-corrected chi connectivity index (χ0v) is 16.6. The minimum atomic E-state index is -0.273. The third kappa shape index (κ3) is 5.08. The van der Waals surface area contributed by atoms with Crippen LogP contribution in [0.3, 0.4) is 0 Å². The monoisotopic (exact) mass is 369 g/mol. The molecule has 0 radical (unpaired) electrons. The first-order valence-corrected chi connectivity index (χ1v) is 8.14. The minimum Gasteiger partial charge on any atom is -0.411 e. The van der Waals surface area contributed by atoms with E-state index in [1.165, 1.54) is 5.56 Å². The van der Waals surface area contributed by atoms with Crippen LogP contribution in [-0.2, 0) is 32.9 Å². The number of hydrogen-bond donors (Lipinski definition) is 0. The molecule has 0 bridgehead atoms. The maximum Gasteiger partial charge on any atom is 0.407 e. The first-order chi connectivity index (χ1) is 10.7. The fourth-order valence-corrected chi connectivity index (χ4v) is 2.48. The molecule has 0 aromatic heterocycles. The first-order valence-electron chi connectivity index (χ1n) is 8.14. The average molecular weight is 369 g/mol. The summed E-state index contributed by atoms with van der Waals surface area (Å²) in [6.07, 6.45) is 0. The Kier molecular flexibility index (Phi) is 7.52. The maximum absolute atomic E-state index is 6.09. The van der Waals surface area contributed by atoms with Crippen molar-refractivity contribution in [1.82, 2.24) is 4.90 Å². The largest absolute Gasteiger partial charge is 0.411 e. The Bertz CT molecular complexity index is 557. The van der Waals surface area contributed by atoms with E-state index in [0.717, 1.165) is 12.0 Å². The Morgan fingerprint density at radius 3 is 1.96 bits per heavy atom. The molecule has 3 nitrogen and oxygen atoms in total. The first kappa shape index (κ1) is 21.2. The smallest absolute Gasteiger partial charge is 0.407 e. The van der Waals surface area contributed by atoms with E-state index in [0.29, 0.717) is 0 Å². The third-order valence-corrected chi connectivity index (χ3v) is 4.49. The average Bonchev–Trinajstić information content (AvgIpc) is 3.12. The summed E-state index contributed by atoms with van der Waals surface area (Å²) in [6, 6.07) is 16.3. The van der Waals surface area contributed by atoms with Gasteiger partial charge in [-0.2, -0.15) is 41.4 Å². The molecule has 0 aliphatic carbocycles. The van der Waals surface area contributed by atoms with Gasteiger partial charge in [0, 0.05) is 17.1 Å². The molecule has 1 heterocycles. The van der Waals surface area contributed by atoms with E-state index in [2.05, 4.69) is 64.9 Å². The van der Waals surface area contributed by atoms with Crippen LogP contribution in [0, 0.1) is 0 Å². The van der Waals surface area contributed by atoms with Gasteiger partial charge in [-0.3, -0.25) is 0 Å². The van der Waals surface area contributed by atoms with Crippen molar-refractivity contribution < 1.29 is 26.4 Å². The molecule has 134 valence electrons. The topological polar surface area (TPSA) is 21.7 Å². The zero-order valence-electron chi connectivity index (χ0n) is 15.5. The number of nitrogens with zero attached hydrogens (tertiary/aromatic N) is 1. The number of hydrogen-bond acceptors (Lipinski definition) is 3. The van der Waals surface area contributed by atoms with E-state index in [-0.39, 0.29) is 35.4 Å². The molecule has 1 saturated heterocycles. The van der Waals surface area contributed by atoms with E-state index in [9.17, 15) is 0 Å². The van der Waals surface area contributed by atoms with E-state index in [1.807, 2.05) is 30.3 Å². The summed E-state index contributed by atoms with van der Waals surface area (Å²) in [5.41, 5.74) is 1.88. The molecule has 0 spiro atoms. The van der Waals surface area contributed by atoms with Crippen LogP contribution < -0.4 is 5.46 Å². The van der Waals surface area contributed by atoms with Crippen molar-refractivity contribution in [3.8, 4) is 0 Å². The van der Waals surface area contributed by atoms with Gasteiger partial charge in [0.15, 0.2) is 0 Å². The maximum atomic E-state index is 6.09. The summed E-state index contributed by atoms with van der Waals surface area (Å²) in [5, 5.41) is 0. The molecule has 5 heteroatoms. The van der Waals surface area contributed by atoms with Gasteiger partial charge in [0.1, 0.15) is 0 Å². The fraction of sp³-hybridized carbons (Fsp3) is 0.474. The van der Waals surface area contributed by atoms with Crippen LogP contribution in [0.5, 0.6) is 0 Å². The minimum absolute atomic E-state index is 0. The molecule has 24 heavy (non-hydrogen) atoms. The molecule has 1 aliphatic heterocycles. The van der Waals surface area contributed by atoms with Gasteiger partial charge in [0.05, 0.1) is 11.2 Å². The second-order valence-corrected chi connectivity index (χ2v) is 7.29. The molecule has 2 aromatic rings. The Morgan fingerprint density at radius 2 is 1.54 bits per heavy atom. The van der Waals surface area contributed by atoms with E-state index in [4.69, 9.17) is 9.31 Å². The summed E-state index contributed by atoms with van der Waals surface area (Å²) in [7, 11) is 3.89.